The summed E-state index contributed by atoms with van der Waals surface area (Å²) in [4.78, 5) is 23.2. The number of nitrogens with zero attached hydrogens (tertiary/aromatic N) is 3. The number of carbonyl (C=O) groups is 1. The highest BCUT2D eigenvalue weighted by molar-refractivity contribution is 5.77. The lowest BCUT2D eigenvalue weighted by molar-refractivity contribution is -0.123. The molecule has 174 valence electrons. The predicted molar refractivity (Wildman–Crippen MR) is 119 cm³/mol. The van der Waals surface area contributed by atoms with Crippen molar-refractivity contribution in [1.82, 2.24) is 20.2 Å². The van der Waals surface area contributed by atoms with Crippen molar-refractivity contribution in [3.05, 3.63) is 53.6 Å². The zero-order chi connectivity index (χ0) is 23.5. The number of likely N-dealkylation sites (N-methyl/N-ethyl adjacent to an activating group) is 1. The Bertz CT molecular complexity index is 907. The first kappa shape index (κ1) is 24.0. The van der Waals surface area contributed by atoms with E-state index in [1.807, 2.05) is 31.1 Å². The molecule has 0 aliphatic heterocycles. The van der Waals surface area contributed by atoms with Crippen LogP contribution in [0.3, 0.4) is 0 Å². The fraction of sp³-hybridized carbons (Fsp3) is 0.542. The summed E-state index contributed by atoms with van der Waals surface area (Å²) in [6.45, 7) is 3.07. The minimum atomic E-state index is -2.89. The molecule has 6 nitrogen and oxygen atoms in total. The summed E-state index contributed by atoms with van der Waals surface area (Å²) in [7, 11) is 3.86. The number of hydrogen-bond donors (Lipinski definition) is 2. The molecule has 32 heavy (non-hydrogen) atoms. The van der Waals surface area contributed by atoms with Gasteiger partial charge in [-0.15, -0.1) is 0 Å². The number of alkyl halides is 2. The van der Waals surface area contributed by atoms with Crippen molar-refractivity contribution in [1.29, 1.82) is 0 Å². The molecule has 1 fully saturated rings. The molecule has 2 aromatic rings. The van der Waals surface area contributed by atoms with Gasteiger partial charge in [0.15, 0.2) is 0 Å². The second kappa shape index (κ2) is 9.48. The maximum Gasteiger partial charge on any atom is 0.251 e. The summed E-state index contributed by atoms with van der Waals surface area (Å²) in [6.07, 6.45) is 4.54. The fourth-order valence-electron chi connectivity index (χ4n) is 4.27. The summed E-state index contributed by atoms with van der Waals surface area (Å²) in [6, 6.07) is 6.99. The zero-order valence-electron chi connectivity index (χ0n) is 19.1. The van der Waals surface area contributed by atoms with E-state index in [0.717, 1.165) is 12.5 Å². The smallest absolute Gasteiger partial charge is 0.251 e. The lowest BCUT2D eigenvalue weighted by atomic mass is 9.78. The van der Waals surface area contributed by atoms with Crippen molar-refractivity contribution in [2.24, 2.45) is 5.41 Å². The van der Waals surface area contributed by atoms with Gasteiger partial charge < -0.3 is 15.3 Å². The molecule has 0 spiro atoms. The summed E-state index contributed by atoms with van der Waals surface area (Å²) < 4.78 is 29.0. The Kier molecular flexibility index (Phi) is 7.12. The van der Waals surface area contributed by atoms with E-state index in [9.17, 15) is 18.7 Å². The van der Waals surface area contributed by atoms with Gasteiger partial charge in [0.1, 0.15) is 11.6 Å². The first-order chi connectivity index (χ1) is 15.0. The predicted octanol–water partition coefficient (Wildman–Crippen LogP) is 3.69. The molecule has 1 heterocycles. The first-order valence-corrected chi connectivity index (χ1v) is 10.9. The number of nitrogens with one attached hydrogen (secondary N) is 1. The molecule has 1 amide bonds. The Hall–Kier alpha value is -2.61. The minimum absolute atomic E-state index is 0.0205. The Morgan fingerprint density at radius 2 is 1.81 bits per heavy atom. The number of rotatable bonds is 10. The van der Waals surface area contributed by atoms with Gasteiger partial charge in [0, 0.05) is 42.7 Å². The van der Waals surface area contributed by atoms with Crippen molar-refractivity contribution < 1.29 is 18.7 Å². The number of phenolic OH excluding ortho intramolecular Hbond substituents is 1. The van der Waals surface area contributed by atoms with E-state index in [-0.39, 0.29) is 24.1 Å². The molecule has 1 aliphatic carbocycles. The van der Waals surface area contributed by atoms with E-state index in [4.69, 9.17) is 0 Å². The third-order valence-corrected chi connectivity index (χ3v) is 6.60. The SMILES string of the molecule is Cc1ncc([C@@H](CC(=O)NC[C@H](Cc2ccc(O)cc2)N(C)C)C2(C(C)(F)F)CC2)cn1. The number of phenols is 1. The molecule has 0 saturated heterocycles. The molecule has 2 N–H and O–H groups in total. The van der Waals surface area contributed by atoms with Crippen molar-refractivity contribution in [3.8, 4) is 5.75 Å². The van der Waals surface area contributed by atoms with Gasteiger partial charge in [-0.1, -0.05) is 12.1 Å². The highest BCUT2D eigenvalue weighted by Gasteiger charge is 2.63. The van der Waals surface area contributed by atoms with Gasteiger partial charge in [0.2, 0.25) is 5.91 Å². The van der Waals surface area contributed by atoms with Crippen LogP contribution >= 0.6 is 0 Å². The summed E-state index contributed by atoms with van der Waals surface area (Å²) >= 11 is 0. The maximum absolute atomic E-state index is 14.5. The average Bonchev–Trinajstić information content (AvgIpc) is 3.53. The van der Waals surface area contributed by atoms with Crippen LogP contribution in [0.4, 0.5) is 8.78 Å². The van der Waals surface area contributed by atoms with Crippen LogP contribution in [0.15, 0.2) is 36.7 Å². The zero-order valence-corrected chi connectivity index (χ0v) is 19.1. The highest BCUT2D eigenvalue weighted by Crippen LogP contribution is 2.65. The van der Waals surface area contributed by atoms with E-state index < -0.39 is 17.3 Å². The van der Waals surface area contributed by atoms with Crippen molar-refractivity contribution in [3.63, 3.8) is 0 Å². The second-order valence-corrected chi connectivity index (χ2v) is 9.16. The maximum atomic E-state index is 14.5. The van der Waals surface area contributed by atoms with Gasteiger partial charge in [-0.25, -0.2) is 18.7 Å². The number of amides is 1. The Morgan fingerprint density at radius 1 is 1.22 bits per heavy atom. The Labute approximate surface area is 188 Å². The van der Waals surface area contributed by atoms with Gasteiger partial charge in [-0.05, 0) is 70.5 Å². The van der Waals surface area contributed by atoms with Crippen LogP contribution < -0.4 is 5.32 Å². The van der Waals surface area contributed by atoms with Crippen LogP contribution in [0.2, 0.25) is 0 Å². The summed E-state index contributed by atoms with van der Waals surface area (Å²) in [5, 5.41) is 12.4. The topological polar surface area (TPSA) is 78.3 Å². The molecule has 1 aliphatic rings. The number of halogens is 2. The number of hydrogen-bond acceptors (Lipinski definition) is 5. The molecule has 1 aromatic carbocycles. The van der Waals surface area contributed by atoms with Gasteiger partial charge in [0.05, 0.1) is 0 Å². The molecule has 3 rings (SSSR count). The van der Waals surface area contributed by atoms with Crippen LogP contribution in [-0.4, -0.2) is 58.5 Å². The van der Waals surface area contributed by atoms with E-state index in [2.05, 4.69) is 15.3 Å². The number of aryl methyl sites for hydroxylation is 1. The van der Waals surface area contributed by atoms with Crippen molar-refractivity contribution >= 4 is 5.91 Å². The third kappa shape index (κ3) is 5.59. The molecule has 1 saturated carbocycles. The number of aromatic hydroxyl groups is 1. The van der Waals surface area contributed by atoms with Crippen LogP contribution in [-0.2, 0) is 11.2 Å². The number of aromatic nitrogens is 2. The Morgan fingerprint density at radius 3 is 2.31 bits per heavy atom. The standard InChI is InChI=1S/C24H32F2N4O2/c1-16-27-13-18(14-28-16)21(24(9-10-24)23(2,25)26)12-22(32)29-15-19(30(3)4)11-17-5-7-20(31)8-6-17/h5-8,13-14,19,21,31H,9-12,15H2,1-4H3,(H,29,32)/t19-,21+/m0/s1. The van der Waals surface area contributed by atoms with E-state index in [1.165, 1.54) is 0 Å². The van der Waals surface area contributed by atoms with Gasteiger partial charge in [-0.3, -0.25) is 4.79 Å². The van der Waals surface area contributed by atoms with Gasteiger partial charge in [-0.2, -0.15) is 0 Å². The first-order valence-electron chi connectivity index (χ1n) is 10.9. The van der Waals surface area contributed by atoms with Crippen LogP contribution in [0.25, 0.3) is 0 Å². The monoisotopic (exact) mass is 446 g/mol. The lowest BCUT2D eigenvalue weighted by Crippen LogP contribution is -2.43. The molecule has 8 heteroatoms. The largest absolute Gasteiger partial charge is 0.508 e. The molecule has 1 aromatic heterocycles. The highest BCUT2D eigenvalue weighted by atomic mass is 19.3. The molecular weight excluding hydrogens is 414 g/mol. The van der Waals surface area contributed by atoms with Gasteiger partial charge >= 0.3 is 0 Å². The fourth-order valence-corrected chi connectivity index (χ4v) is 4.27. The van der Waals surface area contributed by atoms with Crippen molar-refractivity contribution in [2.45, 2.75) is 57.4 Å². The van der Waals surface area contributed by atoms with E-state index in [1.54, 1.807) is 31.5 Å². The molecule has 0 unspecified atom stereocenters. The van der Waals surface area contributed by atoms with Crippen LogP contribution in [0.1, 0.15) is 49.1 Å². The van der Waals surface area contributed by atoms with Crippen LogP contribution in [0, 0.1) is 12.3 Å². The quantitative estimate of drug-likeness (QED) is 0.582. The second-order valence-electron chi connectivity index (χ2n) is 9.16. The van der Waals surface area contributed by atoms with Crippen LogP contribution in [0.5, 0.6) is 5.75 Å². The minimum Gasteiger partial charge on any atom is -0.508 e. The molecular formula is C24H32F2N4O2. The Balaban J connectivity index is 1.69. The number of benzene rings is 1. The van der Waals surface area contributed by atoms with E-state index in [0.29, 0.717) is 37.2 Å². The summed E-state index contributed by atoms with van der Waals surface area (Å²) in [5.41, 5.74) is 0.390. The molecule has 2 atom stereocenters. The van der Waals surface area contributed by atoms with Gasteiger partial charge in [0.25, 0.3) is 5.92 Å². The summed E-state index contributed by atoms with van der Waals surface area (Å²) in [5.74, 6) is -3.03. The normalized spacial score (nSPS) is 17.1. The van der Waals surface area contributed by atoms with E-state index >= 15 is 0 Å². The van der Waals surface area contributed by atoms with Crippen molar-refractivity contribution in [2.75, 3.05) is 20.6 Å². The number of carbonyl (C=O) groups excluding carboxylic acids is 1. The third-order valence-electron chi connectivity index (χ3n) is 6.60. The lowest BCUT2D eigenvalue weighted by Gasteiger charge is -2.32. The molecule has 0 radical (unpaired) electrons. The molecule has 0 bridgehead atoms. The average molecular weight is 447 g/mol.